The summed E-state index contributed by atoms with van der Waals surface area (Å²) in [7, 11) is 3.08. The number of methoxy groups -OCH3 is 2. The Balaban J connectivity index is 2.71. The normalized spacial score (nSPS) is 10.2. The highest BCUT2D eigenvalue weighted by Crippen LogP contribution is 2.27. The smallest absolute Gasteiger partial charge is 0.244 e. The number of nitrogens with two attached hydrogens (primary N) is 1. The highest BCUT2D eigenvalue weighted by atomic mass is 16.5. The predicted molar refractivity (Wildman–Crippen MR) is 70.8 cm³/mol. The molecule has 1 aromatic carbocycles. The van der Waals surface area contributed by atoms with Crippen molar-refractivity contribution in [2.75, 3.05) is 20.8 Å². The molecule has 6 nitrogen and oxygen atoms in total. The van der Waals surface area contributed by atoms with Gasteiger partial charge in [-0.15, -0.1) is 0 Å². The molecular formula is C13H16N2O4. The van der Waals surface area contributed by atoms with Gasteiger partial charge in [0.1, 0.15) is 0 Å². The molecule has 0 bridgehead atoms. The van der Waals surface area contributed by atoms with Crippen molar-refractivity contribution in [1.82, 2.24) is 5.32 Å². The second-order valence-corrected chi connectivity index (χ2v) is 3.63. The highest BCUT2D eigenvalue weighted by Gasteiger charge is 2.03. The van der Waals surface area contributed by atoms with Gasteiger partial charge in [-0.05, 0) is 23.8 Å². The summed E-state index contributed by atoms with van der Waals surface area (Å²) in [4.78, 5) is 21.8. The number of carbonyl (C=O) groups is 2. The number of nitrogens with one attached hydrogen (secondary N) is 1. The standard InChI is InChI=1S/C13H16N2O4/c1-18-10-5-3-9(7-11(10)19-2)4-6-13(17)15-8-12(14)16/h3-7H,8H2,1-2H3,(H2,14,16)(H,15,17)/b6-4+. The minimum atomic E-state index is -0.590. The zero-order valence-corrected chi connectivity index (χ0v) is 10.8. The minimum Gasteiger partial charge on any atom is -0.493 e. The molecular weight excluding hydrogens is 248 g/mol. The molecule has 3 N–H and O–H groups in total. The Kier molecular flexibility index (Phi) is 5.40. The first-order valence-electron chi connectivity index (χ1n) is 5.53. The molecule has 0 aliphatic heterocycles. The Hall–Kier alpha value is -2.50. The molecule has 0 saturated heterocycles. The summed E-state index contributed by atoms with van der Waals surface area (Å²) in [6.45, 7) is -0.185. The van der Waals surface area contributed by atoms with E-state index in [4.69, 9.17) is 15.2 Å². The third-order valence-corrected chi connectivity index (χ3v) is 2.27. The van der Waals surface area contributed by atoms with Gasteiger partial charge < -0.3 is 20.5 Å². The van der Waals surface area contributed by atoms with Crippen molar-refractivity contribution in [3.8, 4) is 11.5 Å². The Morgan fingerprint density at radius 2 is 1.95 bits per heavy atom. The van der Waals surface area contributed by atoms with E-state index in [-0.39, 0.29) is 6.54 Å². The summed E-state index contributed by atoms with van der Waals surface area (Å²) in [6.07, 6.45) is 2.91. The lowest BCUT2D eigenvalue weighted by atomic mass is 10.2. The maximum absolute atomic E-state index is 11.3. The van der Waals surface area contributed by atoms with Crippen molar-refractivity contribution in [2.45, 2.75) is 0 Å². The molecule has 1 rings (SSSR count). The summed E-state index contributed by atoms with van der Waals surface area (Å²) >= 11 is 0. The number of primary amides is 1. The van der Waals surface area contributed by atoms with Crippen LogP contribution in [0.2, 0.25) is 0 Å². The molecule has 1 aromatic rings. The molecule has 0 aliphatic carbocycles. The summed E-state index contributed by atoms with van der Waals surface area (Å²) in [5.74, 6) is 0.196. The Morgan fingerprint density at radius 1 is 1.26 bits per heavy atom. The van der Waals surface area contributed by atoms with Crippen molar-refractivity contribution >= 4 is 17.9 Å². The van der Waals surface area contributed by atoms with Crippen LogP contribution in [0.4, 0.5) is 0 Å². The van der Waals surface area contributed by atoms with Crippen LogP contribution < -0.4 is 20.5 Å². The van der Waals surface area contributed by atoms with E-state index in [0.29, 0.717) is 11.5 Å². The third-order valence-electron chi connectivity index (χ3n) is 2.27. The van der Waals surface area contributed by atoms with Gasteiger partial charge in [0, 0.05) is 6.08 Å². The summed E-state index contributed by atoms with van der Waals surface area (Å²) in [6, 6.07) is 5.25. The summed E-state index contributed by atoms with van der Waals surface area (Å²) in [5, 5.41) is 2.35. The van der Waals surface area contributed by atoms with Crippen molar-refractivity contribution in [3.63, 3.8) is 0 Å². The monoisotopic (exact) mass is 264 g/mol. The largest absolute Gasteiger partial charge is 0.493 e. The van der Waals surface area contributed by atoms with Crippen molar-refractivity contribution in [2.24, 2.45) is 5.73 Å². The van der Waals surface area contributed by atoms with Crippen molar-refractivity contribution in [3.05, 3.63) is 29.8 Å². The van der Waals surface area contributed by atoms with Crippen LogP contribution in [-0.4, -0.2) is 32.6 Å². The van der Waals surface area contributed by atoms with Gasteiger partial charge in [-0.1, -0.05) is 6.07 Å². The Bertz CT molecular complexity index is 497. The van der Waals surface area contributed by atoms with E-state index in [1.54, 1.807) is 31.4 Å². The van der Waals surface area contributed by atoms with Gasteiger partial charge >= 0.3 is 0 Å². The molecule has 0 fully saturated rings. The van der Waals surface area contributed by atoms with Crippen LogP contribution in [0, 0.1) is 0 Å². The number of ether oxygens (including phenoxy) is 2. The molecule has 0 spiro atoms. The molecule has 2 amide bonds. The van der Waals surface area contributed by atoms with Crippen LogP contribution in [0.3, 0.4) is 0 Å². The molecule has 6 heteroatoms. The van der Waals surface area contributed by atoms with Gasteiger partial charge in [-0.2, -0.15) is 0 Å². The number of hydrogen-bond acceptors (Lipinski definition) is 4. The van der Waals surface area contributed by atoms with E-state index in [1.165, 1.54) is 13.2 Å². The molecule has 0 unspecified atom stereocenters. The quantitative estimate of drug-likeness (QED) is 0.724. The lowest BCUT2D eigenvalue weighted by Gasteiger charge is -2.07. The van der Waals surface area contributed by atoms with Crippen molar-refractivity contribution < 1.29 is 19.1 Å². The number of amides is 2. The molecule has 0 atom stereocenters. The van der Waals surface area contributed by atoms with Crippen LogP contribution >= 0.6 is 0 Å². The van der Waals surface area contributed by atoms with Gasteiger partial charge in [0.15, 0.2) is 11.5 Å². The lowest BCUT2D eigenvalue weighted by Crippen LogP contribution is -2.32. The fourth-order valence-electron chi connectivity index (χ4n) is 1.36. The predicted octanol–water partition coefficient (Wildman–Crippen LogP) is 0.318. The van der Waals surface area contributed by atoms with Gasteiger partial charge in [0.05, 0.1) is 20.8 Å². The molecule has 19 heavy (non-hydrogen) atoms. The minimum absolute atomic E-state index is 0.185. The first-order chi connectivity index (χ1) is 9.06. The van der Waals surface area contributed by atoms with E-state index in [9.17, 15) is 9.59 Å². The first kappa shape index (κ1) is 14.6. The molecule has 0 aliphatic rings. The van der Waals surface area contributed by atoms with E-state index in [1.807, 2.05) is 0 Å². The second-order valence-electron chi connectivity index (χ2n) is 3.63. The van der Waals surface area contributed by atoms with E-state index >= 15 is 0 Å². The molecule has 0 aromatic heterocycles. The molecule has 0 radical (unpaired) electrons. The number of carbonyl (C=O) groups excluding carboxylic acids is 2. The van der Waals surface area contributed by atoms with Gasteiger partial charge in [-0.25, -0.2) is 0 Å². The number of hydrogen-bond donors (Lipinski definition) is 2. The van der Waals surface area contributed by atoms with Gasteiger partial charge in [0.25, 0.3) is 0 Å². The van der Waals surface area contributed by atoms with Gasteiger partial charge in [-0.3, -0.25) is 9.59 Å². The average Bonchev–Trinajstić information content (AvgIpc) is 2.42. The average molecular weight is 264 g/mol. The first-order valence-corrected chi connectivity index (χ1v) is 5.53. The summed E-state index contributed by atoms with van der Waals surface area (Å²) < 4.78 is 10.2. The molecule has 102 valence electrons. The molecule has 0 saturated carbocycles. The Morgan fingerprint density at radius 3 is 2.53 bits per heavy atom. The zero-order chi connectivity index (χ0) is 14.3. The van der Waals surface area contributed by atoms with Crippen LogP contribution in [-0.2, 0) is 9.59 Å². The topological polar surface area (TPSA) is 90.6 Å². The van der Waals surface area contributed by atoms with Gasteiger partial charge in [0.2, 0.25) is 11.8 Å². The molecule has 0 heterocycles. The van der Waals surface area contributed by atoms with E-state index < -0.39 is 11.8 Å². The summed E-state index contributed by atoms with van der Waals surface area (Å²) in [5.41, 5.74) is 5.68. The van der Waals surface area contributed by atoms with E-state index in [0.717, 1.165) is 5.56 Å². The van der Waals surface area contributed by atoms with E-state index in [2.05, 4.69) is 5.32 Å². The fourth-order valence-corrected chi connectivity index (χ4v) is 1.36. The highest BCUT2D eigenvalue weighted by molar-refractivity contribution is 5.94. The van der Waals surface area contributed by atoms with Crippen LogP contribution in [0.15, 0.2) is 24.3 Å². The van der Waals surface area contributed by atoms with Crippen LogP contribution in [0.25, 0.3) is 6.08 Å². The van der Waals surface area contributed by atoms with Crippen molar-refractivity contribution in [1.29, 1.82) is 0 Å². The maximum atomic E-state index is 11.3. The number of rotatable bonds is 6. The maximum Gasteiger partial charge on any atom is 0.244 e. The second kappa shape index (κ2) is 7.05. The Labute approximate surface area is 111 Å². The van der Waals surface area contributed by atoms with Crippen LogP contribution in [0.5, 0.6) is 11.5 Å². The lowest BCUT2D eigenvalue weighted by molar-refractivity contribution is -0.122. The SMILES string of the molecule is COc1ccc(/C=C/C(=O)NCC(N)=O)cc1OC. The number of benzene rings is 1. The van der Waals surface area contributed by atoms with Crippen LogP contribution in [0.1, 0.15) is 5.56 Å². The third kappa shape index (κ3) is 4.71. The zero-order valence-electron chi connectivity index (χ0n) is 10.8. The fraction of sp³-hybridized carbons (Fsp3) is 0.231.